The molecule has 0 radical (unpaired) electrons. The molecule has 0 saturated carbocycles. The number of aryl methyl sites for hydroxylation is 1. The second-order valence-electron chi connectivity index (χ2n) is 5.89. The van der Waals surface area contributed by atoms with Crippen molar-refractivity contribution in [2.75, 3.05) is 6.54 Å². The smallest absolute Gasteiger partial charge is 0.134 e. The van der Waals surface area contributed by atoms with E-state index in [-0.39, 0.29) is 0 Å². The fourth-order valence-corrected chi connectivity index (χ4v) is 2.94. The Bertz CT molecular complexity index is 425. The Hall–Kier alpha value is -1.15. The lowest BCUT2D eigenvalue weighted by Crippen LogP contribution is -2.26. The zero-order valence-corrected chi connectivity index (χ0v) is 12.1. The molecular formula is C17H25NO. The van der Waals surface area contributed by atoms with E-state index in [1.807, 2.05) is 0 Å². The molecule has 1 aliphatic carbocycles. The van der Waals surface area contributed by atoms with Gasteiger partial charge in [0, 0.05) is 25.4 Å². The van der Waals surface area contributed by atoms with E-state index in [1.165, 1.54) is 30.4 Å². The fourth-order valence-electron chi connectivity index (χ4n) is 2.94. The van der Waals surface area contributed by atoms with Crippen molar-refractivity contribution in [1.29, 1.82) is 0 Å². The zero-order chi connectivity index (χ0) is 13.7. The van der Waals surface area contributed by atoms with Gasteiger partial charge in [0.25, 0.3) is 0 Å². The van der Waals surface area contributed by atoms with Gasteiger partial charge in [-0.1, -0.05) is 38.1 Å². The van der Waals surface area contributed by atoms with Gasteiger partial charge in [0.1, 0.15) is 5.78 Å². The monoisotopic (exact) mass is 259 g/mol. The number of hydrogen-bond acceptors (Lipinski definition) is 2. The molecule has 0 fully saturated rings. The van der Waals surface area contributed by atoms with Crippen LogP contribution in [0.25, 0.3) is 0 Å². The summed E-state index contributed by atoms with van der Waals surface area (Å²) in [6.45, 7) is 5.04. The fraction of sp³-hybridized carbons (Fsp3) is 0.588. The normalized spacial score (nSPS) is 18.4. The number of benzene rings is 1. The molecule has 2 rings (SSSR count). The number of rotatable bonds is 6. The number of carbonyl (C=O) groups is 1. The SMILES string of the molecule is CC(C)NCCC(=O)CC1CCCc2ccccc21. The van der Waals surface area contributed by atoms with Crippen LogP contribution in [0.15, 0.2) is 24.3 Å². The van der Waals surface area contributed by atoms with Gasteiger partial charge in [0.15, 0.2) is 0 Å². The molecule has 2 nitrogen and oxygen atoms in total. The third kappa shape index (κ3) is 4.17. The molecule has 0 amide bonds. The first kappa shape index (κ1) is 14.3. The number of fused-ring (bicyclic) bond motifs is 1. The predicted octanol–water partition coefficient (Wildman–Crippen LogP) is 3.45. The minimum absolute atomic E-state index is 0.398. The van der Waals surface area contributed by atoms with Gasteiger partial charge >= 0.3 is 0 Å². The van der Waals surface area contributed by atoms with E-state index >= 15 is 0 Å². The molecule has 1 N–H and O–H groups in total. The predicted molar refractivity (Wildman–Crippen MR) is 79.5 cm³/mol. The summed E-state index contributed by atoms with van der Waals surface area (Å²) >= 11 is 0. The van der Waals surface area contributed by atoms with Gasteiger partial charge in [0.05, 0.1) is 0 Å². The molecule has 0 saturated heterocycles. The summed E-state index contributed by atoms with van der Waals surface area (Å²) in [5.41, 5.74) is 2.87. The van der Waals surface area contributed by atoms with Gasteiger partial charge < -0.3 is 5.32 Å². The van der Waals surface area contributed by atoms with Crippen LogP contribution >= 0.6 is 0 Å². The lowest BCUT2D eigenvalue weighted by molar-refractivity contribution is -0.119. The first-order chi connectivity index (χ1) is 9.16. The van der Waals surface area contributed by atoms with Crippen molar-refractivity contribution < 1.29 is 4.79 Å². The summed E-state index contributed by atoms with van der Waals surface area (Å²) in [5, 5.41) is 3.31. The Balaban J connectivity index is 1.88. The summed E-state index contributed by atoms with van der Waals surface area (Å²) in [6, 6.07) is 9.09. The number of ketones is 1. The molecule has 1 aliphatic rings. The Morgan fingerprint density at radius 1 is 1.37 bits per heavy atom. The highest BCUT2D eigenvalue weighted by Gasteiger charge is 2.21. The molecule has 1 atom stereocenters. The van der Waals surface area contributed by atoms with Crippen LogP contribution in [0.1, 0.15) is 56.6 Å². The van der Waals surface area contributed by atoms with Crippen molar-refractivity contribution in [2.45, 2.75) is 57.9 Å². The van der Waals surface area contributed by atoms with Crippen LogP contribution in [0.2, 0.25) is 0 Å². The van der Waals surface area contributed by atoms with E-state index in [0.717, 1.165) is 13.0 Å². The maximum Gasteiger partial charge on any atom is 0.134 e. The first-order valence-electron chi connectivity index (χ1n) is 7.49. The van der Waals surface area contributed by atoms with Crippen molar-refractivity contribution in [2.24, 2.45) is 0 Å². The molecule has 0 spiro atoms. The molecule has 1 aromatic carbocycles. The maximum atomic E-state index is 12.1. The third-order valence-corrected chi connectivity index (χ3v) is 3.92. The van der Waals surface area contributed by atoms with Crippen molar-refractivity contribution >= 4 is 5.78 Å². The highest BCUT2D eigenvalue weighted by atomic mass is 16.1. The molecule has 0 heterocycles. The quantitative estimate of drug-likeness (QED) is 0.847. The van der Waals surface area contributed by atoms with Crippen LogP contribution in [-0.4, -0.2) is 18.4 Å². The van der Waals surface area contributed by atoms with E-state index < -0.39 is 0 Å². The second-order valence-corrected chi connectivity index (χ2v) is 5.89. The summed E-state index contributed by atoms with van der Waals surface area (Å²) in [6.07, 6.45) is 4.95. The lowest BCUT2D eigenvalue weighted by Gasteiger charge is -2.25. The van der Waals surface area contributed by atoms with Crippen molar-refractivity contribution in [3.63, 3.8) is 0 Å². The lowest BCUT2D eigenvalue weighted by atomic mass is 9.80. The minimum Gasteiger partial charge on any atom is -0.314 e. The molecule has 2 heteroatoms. The zero-order valence-electron chi connectivity index (χ0n) is 12.1. The topological polar surface area (TPSA) is 29.1 Å². The Morgan fingerprint density at radius 2 is 2.16 bits per heavy atom. The molecule has 0 bridgehead atoms. The average Bonchev–Trinajstić information content (AvgIpc) is 2.39. The summed E-state index contributed by atoms with van der Waals surface area (Å²) in [5.74, 6) is 0.853. The van der Waals surface area contributed by atoms with E-state index in [4.69, 9.17) is 0 Å². The van der Waals surface area contributed by atoms with Crippen molar-refractivity contribution in [1.82, 2.24) is 5.32 Å². The van der Waals surface area contributed by atoms with Crippen molar-refractivity contribution in [3.8, 4) is 0 Å². The van der Waals surface area contributed by atoms with Crippen LogP contribution in [0.5, 0.6) is 0 Å². The van der Waals surface area contributed by atoms with Crippen LogP contribution in [0.4, 0.5) is 0 Å². The van der Waals surface area contributed by atoms with E-state index in [1.54, 1.807) is 0 Å². The van der Waals surface area contributed by atoms with Crippen LogP contribution in [-0.2, 0) is 11.2 Å². The van der Waals surface area contributed by atoms with E-state index in [2.05, 4.69) is 43.4 Å². The summed E-state index contributed by atoms with van der Waals surface area (Å²) < 4.78 is 0. The van der Waals surface area contributed by atoms with Gasteiger partial charge in [-0.25, -0.2) is 0 Å². The Kier molecular flexibility index (Phi) is 5.15. The first-order valence-corrected chi connectivity index (χ1v) is 7.49. The van der Waals surface area contributed by atoms with Gasteiger partial charge in [-0.15, -0.1) is 0 Å². The highest BCUT2D eigenvalue weighted by Crippen LogP contribution is 2.34. The van der Waals surface area contributed by atoms with Crippen LogP contribution in [0.3, 0.4) is 0 Å². The van der Waals surface area contributed by atoms with Gasteiger partial charge in [-0.05, 0) is 36.3 Å². The molecule has 104 valence electrons. The van der Waals surface area contributed by atoms with Crippen LogP contribution < -0.4 is 5.32 Å². The number of hydrogen-bond donors (Lipinski definition) is 1. The van der Waals surface area contributed by atoms with Gasteiger partial charge in [0.2, 0.25) is 0 Å². The van der Waals surface area contributed by atoms with Gasteiger partial charge in [-0.3, -0.25) is 4.79 Å². The minimum atomic E-state index is 0.398. The Morgan fingerprint density at radius 3 is 2.95 bits per heavy atom. The Labute approximate surface area is 116 Å². The molecule has 1 unspecified atom stereocenters. The maximum absolute atomic E-state index is 12.1. The number of carbonyl (C=O) groups excluding carboxylic acids is 1. The molecular weight excluding hydrogens is 234 g/mol. The van der Waals surface area contributed by atoms with Crippen molar-refractivity contribution in [3.05, 3.63) is 35.4 Å². The van der Waals surface area contributed by atoms with E-state index in [0.29, 0.717) is 24.2 Å². The largest absolute Gasteiger partial charge is 0.314 e. The average molecular weight is 259 g/mol. The van der Waals surface area contributed by atoms with E-state index in [9.17, 15) is 4.79 Å². The molecule has 19 heavy (non-hydrogen) atoms. The van der Waals surface area contributed by atoms with Gasteiger partial charge in [-0.2, -0.15) is 0 Å². The summed E-state index contributed by atoms with van der Waals surface area (Å²) in [4.78, 5) is 12.1. The summed E-state index contributed by atoms with van der Waals surface area (Å²) in [7, 11) is 0. The van der Waals surface area contributed by atoms with Crippen LogP contribution in [0, 0.1) is 0 Å². The third-order valence-electron chi connectivity index (χ3n) is 3.92. The second kappa shape index (κ2) is 6.85. The molecule has 0 aromatic heterocycles. The highest BCUT2D eigenvalue weighted by molar-refractivity contribution is 5.79. The molecule has 0 aliphatic heterocycles. The number of nitrogens with one attached hydrogen (secondary N) is 1. The standard InChI is InChI=1S/C17H25NO/c1-13(2)18-11-10-16(19)12-15-8-5-7-14-6-3-4-9-17(14)15/h3-4,6,9,13,15,18H,5,7-8,10-12H2,1-2H3. The molecule has 1 aromatic rings. The number of Topliss-reactive ketones (excluding diaryl/α,β-unsaturated/α-hetero) is 1.